The van der Waals surface area contributed by atoms with Gasteiger partial charge in [-0.2, -0.15) is 0 Å². The van der Waals surface area contributed by atoms with Crippen LogP contribution in [-0.2, 0) is 65.5 Å². The van der Waals surface area contributed by atoms with Gasteiger partial charge in [0.15, 0.2) is 23.5 Å². The van der Waals surface area contributed by atoms with Gasteiger partial charge in [0.05, 0.1) is 12.6 Å². The van der Waals surface area contributed by atoms with E-state index in [0.29, 0.717) is 56.3 Å². The molecule has 2 aromatic rings. The number of hydrogen-bond donors (Lipinski definition) is 8. The number of ether oxygens (including phenoxy) is 4. The van der Waals surface area contributed by atoms with Crippen molar-refractivity contribution in [1.82, 2.24) is 25.8 Å². The number of Topliss-reactive ketones (excluding diaryl/α,β-unsaturated/α-hetero) is 1. The number of amides is 6. The number of aliphatic hydroxyl groups excluding tert-OH is 1. The largest absolute Gasteiger partial charge is 0.481 e. The Morgan fingerprint density at radius 2 is 1.54 bits per heavy atom. The number of allylic oxidation sites excluding steroid dienone is 4. The molecule has 8 aliphatic rings. The first-order valence-electron chi connectivity index (χ1n) is 29.6. The summed E-state index contributed by atoms with van der Waals surface area (Å²) < 4.78 is 25.9. The van der Waals surface area contributed by atoms with Crippen LogP contribution in [0.25, 0.3) is 0 Å². The van der Waals surface area contributed by atoms with Gasteiger partial charge >= 0.3 is 18.2 Å². The molecule has 10 N–H and O–H groups in total. The van der Waals surface area contributed by atoms with Crippen LogP contribution in [0.2, 0.25) is 0 Å². The summed E-state index contributed by atoms with van der Waals surface area (Å²) in [6.07, 6.45) is 8.35. The number of hydrogen-bond acceptors (Lipinski definition) is 16. The summed E-state index contributed by atoms with van der Waals surface area (Å²) in [6.45, 7) is 4.39. The number of aliphatic carboxylic acids is 1. The Morgan fingerprint density at radius 3 is 2.19 bits per heavy atom. The van der Waals surface area contributed by atoms with Crippen molar-refractivity contribution in [3.63, 3.8) is 0 Å². The number of unbranched alkanes of at least 4 members (excludes halogenated alkanes) is 1. The third-order valence-corrected chi connectivity index (χ3v) is 19.4. The fourth-order valence-corrected chi connectivity index (χ4v) is 15.4. The zero-order valence-corrected chi connectivity index (χ0v) is 49.2. The number of rotatable bonds is 25. The van der Waals surface area contributed by atoms with Crippen molar-refractivity contribution in [2.45, 2.75) is 153 Å². The summed E-state index contributed by atoms with van der Waals surface area (Å²) in [5.74, 6) is -4.81. The Balaban J connectivity index is 0.794. The Kier molecular flexibility index (Phi) is 18.5. The van der Waals surface area contributed by atoms with Gasteiger partial charge in [0.25, 0.3) is 0 Å². The van der Waals surface area contributed by atoms with E-state index < -0.39 is 114 Å². The van der Waals surface area contributed by atoms with E-state index in [-0.39, 0.29) is 67.0 Å². The van der Waals surface area contributed by atoms with E-state index in [4.69, 9.17) is 30.4 Å². The van der Waals surface area contributed by atoms with Gasteiger partial charge in [0.2, 0.25) is 23.6 Å². The molecule has 0 spiro atoms. The van der Waals surface area contributed by atoms with Crippen molar-refractivity contribution < 1.29 is 72.3 Å². The Bertz CT molecular complexity index is 2970. The quantitative estimate of drug-likeness (QED) is 0.0649. The van der Waals surface area contributed by atoms with E-state index in [0.717, 1.165) is 36.8 Å². The van der Waals surface area contributed by atoms with Crippen molar-refractivity contribution in [1.29, 1.82) is 0 Å². The molecule has 6 saturated carbocycles. The highest BCUT2D eigenvalue weighted by molar-refractivity contribution is 6.01. The summed E-state index contributed by atoms with van der Waals surface area (Å²) in [6, 6.07) is 12.2. The molecule has 0 aromatic heterocycles. The molecule has 85 heavy (non-hydrogen) atoms. The van der Waals surface area contributed by atoms with Gasteiger partial charge in [-0.1, -0.05) is 61.9 Å². The Morgan fingerprint density at radius 1 is 0.871 bits per heavy atom. The molecular weight excluding hydrogens is 1100 g/mol. The number of ketones is 2. The molecule has 2 aromatic carbocycles. The molecule has 7 fully saturated rings. The standard InChI is InChI=1S/C62H82N8O15/c1-36(72)66-45(8-6-7-23-63)53(78)65-30-50(75)68-46(19-20-51(76)77)54(79)67-41-16-11-38(12-17-41)32-82-56(80)69(4)24-25-70(5)57(81)83-47-29-59(3)44(43-18-15-40-26-42(73)21-22-58(40,2)52(43)47)27-49-62(59,48(74)31-71)85-55(84-49)39-13-9-37(10-14-39)28-60-33-61(64,34-60)35-60/h9-14,16-17,21-22,26,43-47,49,52,55,71H,6-8,15,18-20,23-25,27-35,63-64H2,1-5H3,(H,65,78)(H,66,72)(H,67,79)(H,68,75)(H,76,77)/t43-,44-,45-,46-,47-,49+,52+,55+,58-,59-,60?,61?,62+/m0/s1. The first-order chi connectivity index (χ1) is 40.3. The lowest BCUT2D eigenvalue weighted by Gasteiger charge is -2.69. The minimum atomic E-state index is -1.55. The molecule has 0 radical (unpaired) electrons. The fourth-order valence-electron chi connectivity index (χ4n) is 15.4. The highest BCUT2D eigenvalue weighted by Gasteiger charge is 2.76. The van der Waals surface area contributed by atoms with Gasteiger partial charge in [0.1, 0.15) is 31.4 Å². The number of carboxylic acid groups (broad SMARTS) is 1. The Labute approximate surface area is 494 Å². The number of fused-ring (bicyclic) bond motifs is 7. The van der Waals surface area contributed by atoms with Crippen LogP contribution in [0.5, 0.6) is 0 Å². The molecule has 1 saturated heterocycles. The van der Waals surface area contributed by atoms with Crippen LogP contribution in [0.3, 0.4) is 0 Å². The summed E-state index contributed by atoms with van der Waals surface area (Å²) in [4.78, 5) is 120. The third-order valence-electron chi connectivity index (χ3n) is 19.4. The number of nitrogens with one attached hydrogen (secondary N) is 4. The van der Waals surface area contributed by atoms with Gasteiger partial charge in [0, 0.05) is 74.1 Å². The smallest absolute Gasteiger partial charge is 0.409 e. The lowest BCUT2D eigenvalue weighted by Crippen LogP contribution is -2.72. The number of nitrogens with zero attached hydrogens (tertiary/aromatic N) is 2. The molecule has 460 valence electrons. The molecule has 2 bridgehead atoms. The van der Waals surface area contributed by atoms with Gasteiger partial charge in [-0.15, -0.1) is 0 Å². The van der Waals surface area contributed by atoms with E-state index in [1.54, 1.807) is 31.3 Å². The number of anilines is 1. The average Bonchev–Trinajstić information content (AvgIpc) is 1.65. The van der Waals surface area contributed by atoms with Crippen LogP contribution in [-0.4, -0.2) is 156 Å². The molecule has 0 unspecified atom stereocenters. The fraction of sp³-hybridized carbons (Fsp3) is 0.597. The van der Waals surface area contributed by atoms with Crippen LogP contribution < -0.4 is 32.7 Å². The minimum absolute atomic E-state index is 0.0115. The second-order valence-electron chi connectivity index (χ2n) is 25.4. The number of aliphatic hydroxyl groups is 1. The summed E-state index contributed by atoms with van der Waals surface area (Å²) in [7, 11) is 3.09. The molecule has 23 heteroatoms. The summed E-state index contributed by atoms with van der Waals surface area (Å²) in [5.41, 5.74) is 12.8. The van der Waals surface area contributed by atoms with Crippen molar-refractivity contribution in [2.75, 3.05) is 52.2 Å². The monoisotopic (exact) mass is 1180 g/mol. The van der Waals surface area contributed by atoms with E-state index in [2.05, 4.69) is 40.3 Å². The van der Waals surface area contributed by atoms with Gasteiger partial charge < -0.3 is 71.7 Å². The molecule has 23 nitrogen and oxygen atoms in total. The van der Waals surface area contributed by atoms with Crippen LogP contribution in [0.4, 0.5) is 15.3 Å². The molecule has 1 aliphatic heterocycles. The van der Waals surface area contributed by atoms with E-state index in [1.807, 2.05) is 25.1 Å². The second kappa shape index (κ2) is 25.1. The second-order valence-corrected chi connectivity index (χ2v) is 25.4. The number of carboxylic acids is 1. The first kappa shape index (κ1) is 62.5. The molecule has 6 amide bonds. The molecule has 7 aliphatic carbocycles. The highest BCUT2D eigenvalue weighted by atomic mass is 16.7. The minimum Gasteiger partial charge on any atom is -0.481 e. The molecule has 10 rings (SSSR count). The number of nitrogens with two attached hydrogens (primary N) is 2. The zero-order chi connectivity index (χ0) is 61.2. The van der Waals surface area contributed by atoms with Crippen LogP contribution in [0, 0.1) is 34.0 Å². The van der Waals surface area contributed by atoms with Crippen molar-refractivity contribution in [2.24, 2.45) is 45.5 Å². The van der Waals surface area contributed by atoms with Crippen LogP contribution >= 0.6 is 0 Å². The lowest BCUT2D eigenvalue weighted by molar-refractivity contribution is -0.201. The van der Waals surface area contributed by atoms with Gasteiger partial charge in [-0.05, 0) is 136 Å². The maximum absolute atomic E-state index is 14.5. The predicted molar refractivity (Wildman–Crippen MR) is 307 cm³/mol. The van der Waals surface area contributed by atoms with E-state index in [1.165, 1.54) is 41.5 Å². The normalized spacial score (nSPS) is 30.6. The highest BCUT2D eigenvalue weighted by Crippen LogP contribution is 2.71. The lowest BCUT2D eigenvalue weighted by atomic mass is 9.38. The molecule has 1 heterocycles. The van der Waals surface area contributed by atoms with Gasteiger partial charge in [-0.25, -0.2) is 9.59 Å². The zero-order valence-electron chi connectivity index (χ0n) is 49.2. The van der Waals surface area contributed by atoms with Crippen LogP contribution in [0.1, 0.15) is 121 Å². The van der Waals surface area contributed by atoms with Crippen molar-refractivity contribution in [3.8, 4) is 0 Å². The maximum Gasteiger partial charge on any atom is 0.409 e. The van der Waals surface area contributed by atoms with Crippen molar-refractivity contribution >= 4 is 59.0 Å². The third kappa shape index (κ3) is 12.9. The summed E-state index contributed by atoms with van der Waals surface area (Å²) >= 11 is 0. The topological polar surface area (TPSA) is 338 Å². The number of likely N-dealkylation sites (N-methyl/N-ethyl adjacent to an activating group) is 2. The SMILES string of the molecule is CC(=O)N[C@@H](CCCCN)C(=O)NCC(=O)N[C@@H](CCC(=O)O)C(=O)Nc1ccc(COC(=O)N(C)CCN(C)C(=O)O[C@H]2C[C@@]3(C)[C@@H](C[C@H]4O[C@@H](c5ccc(CC67CC(N)(C6)C7)cc5)O[C@]43C(=O)CO)[C@@H]3CCC4=CC(=O)C=C[C@]4(C)[C@H]32)cc1. The van der Waals surface area contributed by atoms with Gasteiger partial charge in [-0.3, -0.25) is 33.6 Å². The predicted octanol–water partition coefficient (Wildman–Crippen LogP) is 4.10. The maximum atomic E-state index is 14.5. The number of benzene rings is 2. The first-order valence-corrected chi connectivity index (χ1v) is 29.6. The molecular formula is C62H82N8O15. The average molecular weight is 1180 g/mol. The van der Waals surface area contributed by atoms with E-state index in [9.17, 15) is 53.4 Å². The van der Waals surface area contributed by atoms with Crippen molar-refractivity contribution in [3.05, 3.63) is 89.0 Å². The summed E-state index contributed by atoms with van der Waals surface area (Å²) in [5, 5.41) is 30.1. The Hall–Kier alpha value is -7.05. The van der Waals surface area contributed by atoms with E-state index >= 15 is 0 Å². The molecule has 11 atom stereocenters. The number of carbonyl (C=O) groups is 9. The van der Waals surface area contributed by atoms with Crippen LogP contribution in [0.15, 0.2) is 72.3 Å². The number of carbonyl (C=O) groups excluding carboxylic acids is 8.